The molecule has 0 spiro atoms. The first-order valence-electron chi connectivity index (χ1n) is 7.36. The van der Waals surface area contributed by atoms with Crippen LogP contribution in [0.2, 0.25) is 0 Å². The lowest BCUT2D eigenvalue weighted by Crippen LogP contribution is -3.13. The first kappa shape index (κ1) is 13.6. The van der Waals surface area contributed by atoms with E-state index in [1.165, 1.54) is 32.4 Å². The molecule has 1 atom stereocenters. The minimum atomic E-state index is -0.633. The van der Waals surface area contributed by atoms with Gasteiger partial charge in [-0.15, -0.1) is 0 Å². The average molecular weight is 248 g/mol. The van der Waals surface area contributed by atoms with Crippen LogP contribution in [0.15, 0.2) is 30.3 Å². The lowest BCUT2D eigenvalue weighted by Gasteiger charge is -2.31. The van der Waals surface area contributed by atoms with Gasteiger partial charge in [0.25, 0.3) is 0 Å². The molecule has 0 bridgehead atoms. The van der Waals surface area contributed by atoms with Crippen LogP contribution in [0.4, 0.5) is 0 Å². The largest absolute Gasteiger partial charge is 0.385 e. The van der Waals surface area contributed by atoms with Crippen molar-refractivity contribution in [1.82, 2.24) is 0 Å². The van der Waals surface area contributed by atoms with Gasteiger partial charge in [0.2, 0.25) is 0 Å². The Labute approximate surface area is 111 Å². The molecule has 1 aliphatic heterocycles. The van der Waals surface area contributed by atoms with Crippen molar-refractivity contribution >= 4 is 0 Å². The van der Waals surface area contributed by atoms with Crippen molar-refractivity contribution in [1.29, 1.82) is 0 Å². The Morgan fingerprint density at radius 3 is 2.39 bits per heavy atom. The summed E-state index contributed by atoms with van der Waals surface area (Å²) in [5, 5.41) is 10.8. The lowest BCUT2D eigenvalue weighted by molar-refractivity contribution is -0.905. The molecule has 18 heavy (non-hydrogen) atoms. The normalized spacial score (nSPS) is 20.6. The van der Waals surface area contributed by atoms with Crippen LogP contribution in [0, 0.1) is 0 Å². The smallest absolute Gasteiger partial charge is 0.0947 e. The summed E-state index contributed by atoms with van der Waals surface area (Å²) in [6.45, 7) is 5.75. The highest BCUT2D eigenvalue weighted by atomic mass is 16.3. The molecule has 0 aliphatic carbocycles. The molecule has 1 saturated heterocycles. The molecule has 0 radical (unpaired) electrons. The van der Waals surface area contributed by atoms with Crippen LogP contribution in [0.3, 0.4) is 0 Å². The van der Waals surface area contributed by atoms with Crippen LogP contribution in [0.1, 0.15) is 44.6 Å². The van der Waals surface area contributed by atoms with Gasteiger partial charge in [0, 0.05) is 6.42 Å². The molecular weight excluding hydrogens is 222 g/mol. The number of benzene rings is 1. The molecule has 0 saturated carbocycles. The van der Waals surface area contributed by atoms with E-state index in [4.69, 9.17) is 0 Å². The average Bonchev–Trinajstić information content (AvgIpc) is 2.47. The molecule has 1 heterocycles. The third-order valence-electron chi connectivity index (χ3n) is 4.35. The van der Waals surface area contributed by atoms with Crippen LogP contribution < -0.4 is 4.90 Å². The molecule has 0 amide bonds. The van der Waals surface area contributed by atoms with E-state index in [1.54, 1.807) is 4.90 Å². The van der Waals surface area contributed by atoms with Crippen molar-refractivity contribution in [3.05, 3.63) is 35.9 Å². The van der Waals surface area contributed by atoms with E-state index in [-0.39, 0.29) is 0 Å². The molecular formula is C16H26NO+. The third-order valence-corrected chi connectivity index (χ3v) is 4.35. The number of nitrogens with one attached hydrogen (secondary N) is 1. The molecule has 1 aromatic rings. The van der Waals surface area contributed by atoms with E-state index in [0.717, 1.165) is 24.9 Å². The summed E-state index contributed by atoms with van der Waals surface area (Å²) in [6.07, 6.45) is 5.77. The highest BCUT2D eigenvalue weighted by molar-refractivity contribution is 5.21. The van der Waals surface area contributed by atoms with Gasteiger partial charge in [0.15, 0.2) is 0 Å². The molecule has 2 rings (SSSR count). The van der Waals surface area contributed by atoms with Crippen LogP contribution in [-0.2, 0) is 5.60 Å². The molecule has 2 heteroatoms. The van der Waals surface area contributed by atoms with Gasteiger partial charge in [0.05, 0.1) is 25.2 Å². The maximum atomic E-state index is 10.8. The zero-order valence-corrected chi connectivity index (χ0v) is 11.5. The summed E-state index contributed by atoms with van der Waals surface area (Å²) >= 11 is 0. The van der Waals surface area contributed by atoms with Crippen LogP contribution in [0.5, 0.6) is 0 Å². The van der Waals surface area contributed by atoms with Crippen molar-refractivity contribution < 1.29 is 10.0 Å². The van der Waals surface area contributed by atoms with E-state index in [9.17, 15) is 5.11 Å². The Bertz CT molecular complexity index is 345. The van der Waals surface area contributed by atoms with Crippen molar-refractivity contribution in [3.63, 3.8) is 0 Å². The number of hydrogen-bond donors (Lipinski definition) is 2. The summed E-state index contributed by atoms with van der Waals surface area (Å²) in [5.74, 6) is 0. The fraction of sp³-hybridized carbons (Fsp3) is 0.625. The molecule has 2 N–H and O–H groups in total. The Morgan fingerprint density at radius 2 is 1.78 bits per heavy atom. The van der Waals surface area contributed by atoms with Gasteiger partial charge in [-0.1, -0.05) is 37.3 Å². The van der Waals surface area contributed by atoms with E-state index in [1.807, 2.05) is 18.2 Å². The monoisotopic (exact) mass is 248 g/mol. The summed E-state index contributed by atoms with van der Waals surface area (Å²) in [6, 6.07) is 10.1. The van der Waals surface area contributed by atoms with Gasteiger partial charge in [-0.3, -0.25) is 0 Å². The van der Waals surface area contributed by atoms with Gasteiger partial charge in [-0.2, -0.15) is 0 Å². The van der Waals surface area contributed by atoms with E-state index >= 15 is 0 Å². The van der Waals surface area contributed by atoms with Gasteiger partial charge in [0.1, 0.15) is 0 Å². The molecule has 1 fully saturated rings. The number of aliphatic hydroxyl groups is 1. The third kappa shape index (κ3) is 3.33. The quantitative estimate of drug-likeness (QED) is 0.815. The summed E-state index contributed by atoms with van der Waals surface area (Å²) < 4.78 is 0. The molecule has 0 aromatic heterocycles. The van der Waals surface area contributed by atoms with E-state index in [2.05, 4.69) is 19.1 Å². The Balaban J connectivity index is 1.95. The maximum absolute atomic E-state index is 10.8. The fourth-order valence-corrected chi connectivity index (χ4v) is 2.96. The van der Waals surface area contributed by atoms with Gasteiger partial charge in [-0.25, -0.2) is 0 Å². The molecule has 2 nitrogen and oxygen atoms in total. The number of quaternary nitrogens is 1. The molecule has 100 valence electrons. The Morgan fingerprint density at radius 1 is 1.11 bits per heavy atom. The van der Waals surface area contributed by atoms with E-state index in [0.29, 0.717) is 0 Å². The molecule has 1 unspecified atom stereocenters. The van der Waals surface area contributed by atoms with Crippen LogP contribution in [-0.4, -0.2) is 24.7 Å². The van der Waals surface area contributed by atoms with Gasteiger partial charge >= 0.3 is 0 Å². The number of likely N-dealkylation sites (tertiary alicyclic amines) is 1. The topological polar surface area (TPSA) is 24.7 Å². The molecule has 1 aromatic carbocycles. The highest BCUT2D eigenvalue weighted by Crippen LogP contribution is 2.27. The van der Waals surface area contributed by atoms with E-state index < -0.39 is 5.60 Å². The van der Waals surface area contributed by atoms with Crippen LogP contribution in [0.25, 0.3) is 0 Å². The van der Waals surface area contributed by atoms with Gasteiger partial charge in [-0.05, 0) is 31.2 Å². The number of rotatable bonds is 5. The summed E-state index contributed by atoms with van der Waals surface area (Å²) in [5.41, 5.74) is 0.440. The predicted molar refractivity (Wildman–Crippen MR) is 74.7 cm³/mol. The first-order chi connectivity index (χ1) is 8.74. The zero-order chi connectivity index (χ0) is 12.8. The predicted octanol–water partition coefficient (Wildman–Crippen LogP) is 1.74. The van der Waals surface area contributed by atoms with Gasteiger partial charge < -0.3 is 10.0 Å². The minimum absolute atomic E-state index is 0.633. The standard InChI is InChI=1S/C16H25NO/c1-2-16(18,15-9-5-3-6-10-15)11-14-17-12-7-4-8-13-17/h3,5-6,9-10,18H,2,4,7-8,11-14H2,1H3/p+1. The summed E-state index contributed by atoms with van der Waals surface area (Å²) in [4.78, 5) is 1.67. The van der Waals surface area contributed by atoms with Crippen LogP contribution >= 0.6 is 0 Å². The Hall–Kier alpha value is -0.860. The SMILES string of the molecule is CCC(O)(CC[NH+]1CCCCC1)c1ccccc1. The second-order valence-electron chi connectivity index (χ2n) is 5.56. The second kappa shape index (κ2) is 6.35. The lowest BCUT2D eigenvalue weighted by atomic mass is 9.87. The fourth-order valence-electron chi connectivity index (χ4n) is 2.96. The van der Waals surface area contributed by atoms with Crippen molar-refractivity contribution in [2.45, 2.75) is 44.6 Å². The van der Waals surface area contributed by atoms with Crippen molar-refractivity contribution in [2.24, 2.45) is 0 Å². The first-order valence-corrected chi connectivity index (χ1v) is 7.36. The number of piperidine rings is 1. The highest BCUT2D eigenvalue weighted by Gasteiger charge is 2.29. The minimum Gasteiger partial charge on any atom is -0.385 e. The van der Waals surface area contributed by atoms with Crippen molar-refractivity contribution in [3.8, 4) is 0 Å². The van der Waals surface area contributed by atoms with Crippen molar-refractivity contribution in [2.75, 3.05) is 19.6 Å². The Kier molecular flexibility index (Phi) is 4.79. The second-order valence-corrected chi connectivity index (χ2v) is 5.56. The zero-order valence-electron chi connectivity index (χ0n) is 11.5. The number of hydrogen-bond acceptors (Lipinski definition) is 1. The molecule has 1 aliphatic rings. The summed E-state index contributed by atoms with van der Waals surface area (Å²) in [7, 11) is 0. The maximum Gasteiger partial charge on any atom is 0.0947 e.